The third-order valence-electron chi connectivity index (χ3n) is 3.52. The minimum atomic E-state index is -0.0848. The van der Waals surface area contributed by atoms with Crippen LogP contribution in [0.5, 0.6) is 0 Å². The summed E-state index contributed by atoms with van der Waals surface area (Å²) in [4.78, 5) is 22.9. The number of amides is 1. The van der Waals surface area contributed by atoms with Crippen molar-refractivity contribution in [1.82, 2.24) is 15.3 Å². The molecule has 0 saturated carbocycles. The summed E-state index contributed by atoms with van der Waals surface area (Å²) in [5.74, 6) is 0.781. The highest BCUT2D eigenvalue weighted by molar-refractivity contribution is 5.94. The van der Waals surface area contributed by atoms with Crippen molar-refractivity contribution in [3.8, 4) is 0 Å². The van der Waals surface area contributed by atoms with E-state index in [2.05, 4.69) is 34.0 Å². The van der Waals surface area contributed by atoms with Crippen molar-refractivity contribution in [1.29, 1.82) is 0 Å². The molecule has 122 valence electrons. The Morgan fingerprint density at radius 3 is 2.43 bits per heavy atom. The van der Waals surface area contributed by atoms with E-state index in [-0.39, 0.29) is 5.91 Å². The Balaban J connectivity index is 2.04. The summed E-state index contributed by atoms with van der Waals surface area (Å²) in [6.07, 6.45) is 7.26. The molecule has 2 aromatic heterocycles. The lowest BCUT2D eigenvalue weighted by Gasteiger charge is -2.22. The molecule has 0 radical (unpaired) electrons. The van der Waals surface area contributed by atoms with Crippen LogP contribution in [0.3, 0.4) is 0 Å². The molecule has 0 unspecified atom stereocenters. The molecule has 0 spiro atoms. The lowest BCUT2D eigenvalue weighted by molar-refractivity contribution is 0.0951. The zero-order chi connectivity index (χ0) is 16.5. The van der Waals surface area contributed by atoms with Gasteiger partial charge in [0.25, 0.3) is 5.91 Å². The van der Waals surface area contributed by atoms with E-state index in [0.29, 0.717) is 12.1 Å². The molecule has 0 atom stereocenters. The van der Waals surface area contributed by atoms with Crippen LogP contribution in [-0.4, -0.2) is 29.0 Å². The Kier molecular flexibility index (Phi) is 6.54. The average molecular weight is 312 g/mol. The van der Waals surface area contributed by atoms with Gasteiger partial charge in [-0.1, -0.05) is 13.8 Å². The van der Waals surface area contributed by atoms with Crippen LogP contribution in [-0.2, 0) is 6.54 Å². The number of nitrogens with one attached hydrogen (secondary N) is 1. The second kappa shape index (κ2) is 8.88. The van der Waals surface area contributed by atoms with E-state index in [1.54, 1.807) is 24.7 Å². The van der Waals surface area contributed by atoms with Crippen molar-refractivity contribution in [3.63, 3.8) is 0 Å². The summed E-state index contributed by atoms with van der Waals surface area (Å²) in [6, 6.07) is 7.40. The average Bonchev–Trinajstić information content (AvgIpc) is 2.60. The summed E-state index contributed by atoms with van der Waals surface area (Å²) in [5, 5.41) is 2.93. The monoisotopic (exact) mass is 312 g/mol. The van der Waals surface area contributed by atoms with Crippen LogP contribution < -0.4 is 10.2 Å². The van der Waals surface area contributed by atoms with Gasteiger partial charge in [-0.25, -0.2) is 4.98 Å². The predicted octanol–water partition coefficient (Wildman–Crippen LogP) is 3.03. The number of hydrogen-bond donors (Lipinski definition) is 1. The largest absolute Gasteiger partial charge is 0.357 e. The topological polar surface area (TPSA) is 58.1 Å². The van der Waals surface area contributed by atoms with Crippen LogP contribution in [0.2, 0.25) is 0 Å². The number of rotatable bonds is 8. The molecule has 0 fully saturated rings. The summed E-state index contributed by atoms with van der Waals surface area (Å²) in [5.41, 5.74) is 1.67. The number of anilines is 1. The zero-order valence-electron chi connectivity index (χ0n) is 13.8. The highest BCUT2D eigenvalue weighted by Crippen LogP contribution is 2.14. The molecule has 0 bridgehead atoms. The summed E-state index contributed by atoms with van der Waals surface area (Å²) >= 11 is 0. The maximum atomic E-state index is 12.3. The molecule has 5 nitrogen and oxygen atoms in total. The van der Waals surface area contributed by atoms with Gasteiger partial charge in [0.15, 0.2) is 0 Å². The lowest BCUT2D eigenvalue weighted by Crippen LogP contribution is -2.27. The van der Waals surface area contributed by atoms with E-state index in [1.165, 1.54) is 0 Å². The van der Waals surface area contributed by atoms with Gasteiger partial charge in [-0.05, 0) is 42.7 Å². The highest BCUT2D eigenvalue weighted by atomic mass is 16.1. The zero-order valence-corrected chi connectivity index (χ0v) is 13.8. The van der Waals surface area contributed by atoms with Gasteiger partial charge in [0.1, 0.15) is 5.82 Å². The van der Waals surface area contributed by atoms with E-state index >= 15 is 0 Å². The molecule has 0 aliphatic rings. The first-order chi connectivity index (χ1) is 11.2. The van der Waals surface area contributed by atoms with Crippen LogP contribution in [0.15, 0.2) is 42.9 Å². The van der Waals surface area contributed by atoms with E-state index in [4.69, 9.17) is 0 Å². The smallest absolute Gasteiger partial charge is 0.251 e. The molecule has 2 heterocycles. The number of carbonyl (C=O) groups excluding carboxylic acids is 1. The third kappa shape index (κ3) is 5.06. The Morgan fingerprint density at radius 1 is 1.09 bits per heavy atom. The molecule has 1 amide bonds. The van der Waals surface area contributed by atoms with E-state index in [1.807, 2.05) is 18.2 Å². The van der Waals surface area contributed by atoms with Crippen LogP contribution in [0.1, 0.15) is 42.6 Å². The van der Waals surface area contributed by atoms with Crippen molar-refractivity contribution in [2.75, 3.05) is 18.0 Å². The van der Waals surface area contributed by atoms with Gasteiger partial charge in [-0.3, -0.25) is 9.78 Å². The first-order valence-corrected chi connectivity index (χ1v) is 8.12. The maximum Gasteiger partial charge on any atom is 0.251 e. The van der Waals surface area contributed by atoms with Crippen molar-refractivity contribution in [2.45, 2.75) is 33.2 Å². The Labute approximate surface area is 137 Å². The lowest BCUT2D eigenvalue weighted by atomic mass is 10.2. The fourth-order valence-corrected chi connectivity index (χ4v) is 2.40. The van der Waals surface area contributed by atoms with Crippen LogP contribution in [0.4, 0.5) is 5.82 Å². The van der Waals surface area contributed by atoms with Crippen LogP contribution in [0, 0.1) is 0 Å². The molecule has 2 rings (SSSR count). The molecule has 23 heavy (non-hydrogen) atoms. The highest BCUT2D eigenvalue weighted by Gasteiger charge is 2.10. The summed E-state index contributed by atoms with van der Waals surface area (Å²) < 4.78 is 0. The fraction of sp³-hybridized carbons (Fsp3) is 0.389. The Hall–Kier alpha value is -2.43. The standard InChI is InChI=1S/C18H24N4O/c1-3-11-22(12-4-2)17-13-16(7-10-20-17)18(23)21-14-15-5-8-19-9-6-15/h5-10,13H,3-4,11-12,14H2,1-2H3,(H,21,23). The van der Waals surface area contributed by atoms with Crippen LogP contribution >= 0.6 is 0 Å². The molecular formula is C18H24N4O. The SMILES string of the molecule is CCCN(CCC)c1cc(C(=O)NCc2ccncc2)ccn1. The Morgan fingerprint density at radius 2 is 1.78 bits per heavy atom. The maximum absolute atomic E-state index is 12.3. The first-order valence-electron chi connectivity index (χ1n) is 8.12. The molecule has 1 N–H and O–H groups in total. The minimum absolute atomic E-state index is 0.0848. The number of aromatic nitrogens is 2. The van der Waals surface area contributed by atoms with Gasteiger partial charge < -0.3 is 10.2 Å². The normalized spacial score (nSPS) is 10.3. The molecular weight excluding hydrogens is 288 g/mol. The second-order valence-corrected chi connectivity index (χ2v) is 5.43. The van der Waals surface area contributed by atoms with E-state index in [9.17, 15) is 4.79 Å². The molecule has 0 aliphatic carbocycles. The minimum Gasteiger partial charge on any atom is -0.357 e. The van der Waals surface area contributed by atoms with Gasteiger partial charge in [0.05, 0.1) is 0 Å². The number of nitrogens with zero attached hydrogens (tertiary/aromatic N) is 3. The van der Waals surface area contributed by atoms with Crippen molar-refractivity contribution < 1.29 is 4.79 Å². The quantitative estimate of drug-likeness (QED) is 0.814. The molecule has 0 saturated heterocycles. The molecule has 2 aromatic rings. The van der Waals surface area contributed by atoms with Crippen molar-refractivity contribution in [3.05, 3.63) is 54.0 Å². The van der Waals surface area contributed by atoms with Gasteiger partial charge in [0, 0.05) is 43.8 Å². The van der Waals surface area contributed by atoms with Gasteiger partial charge in [-0.2, -0.15) is 0 Å². The molecule has 0 aromatic carbocycles. The molecule has 5 heteroatoms. The van der Waals surface area contributed by atoms with E-state index < -0.39 is 0 Å². The van der Waals surface area contributed by atoms with Crippen LogP contribution in [0.25, 0.3) is 0 Å². The van der Waals surface area contributed by atoms with E-state index in [0.717, 1.165) is 37.3 Å². The molecule has 0 aliphatic heterocycles. The number of carbonyl (C=O) groups is 1. The van der Waals surface area contributed by atoms with Crippen molar-refractivity contribution in [2.24, 2.45) is 0 Å². The fourth-order valence-electron chi connectivity index (χ4n) is 2.40. The summed E-state index contributed by atoms with van der Waals surface area (Å²) in [6.45, 7) is 6.68. The van der Waals surface area contributed by atoms with Gasteiger partial charge in [0.2, 0.25) is 0 Å². The number of hydrogen-bond acceptors (Lipinski definition) is 4. The summed E-state index contributed by atoms with van der Waals surface area (Å²) in [7, 11) is 0. The predicted molar refractivity (Wildman–Crippen MR) is 92.4 cm³/mol. The van der Waals surface area contributed by atoms with Gasteiger partial charge in [-0.15, -0.1) is 0 Å². The van der Waals surface area contributed by atoms with Gasteiger partial charge >= 0.3 is 0 Å². The second-order valence-electron chi connectivity index (χ2n) is 5.43. The van der Waals surface area contributed by atoms with Crippen molar-refractivity contribution >= 4 is 11.7 Å². The first kappa shape index (κ1) is 16.9. The third-order valence-corrected chi connectivity index (χ3v) is 3.52. The Bertz CT molecular complexity index is 609. The number of pyridine rings is 2.